The van der Waals surface area contributed by atoms with Gasteiger partial charge in [0.1, 0.15) is 0 Å². The maximum absolute atomic E-state index is 13.9. The fourth-order valence-corrected chi connectivity index (χ4v) is 4.09. The van der Waals surface area contributed by atoms with E-state index in [0.29, 0.717) is 21.5 Å². The number of carbonyl (C=O) groups excluding carboxylic acids is 2. The number of aromatic nitrogens is 3. The van der Waals surface area contributed by atoms with Crippen LogP contribution >= 0.6 is 11.3 Å². The van der Waals surface area contributed by atoms with Crippen LogP contribution in [0.15, 0.2) is 48.7 Å². The van der Waals surface area contributed by atoms with Crippen molar-refractivity contribution in [2.24, 2.45) is 0 Å². The van der Waals surface area contributed by atoms with Gasteiger partial charge in [0, 0.05) is 12.6 Å². The van der Waals surface area contributed by atoms with Crippen molar-refractivity contribution in [3.8, 4) is 5.69 Å². The molecule has 0 saturated carbocycles. The van der Waals surface area contributed by atoms with E-state index in [2.05, 4.69) is 20.7 Å². The van der Waals surface area contributed by atoms with E-state index < -0.39 is 23.3 Å². The van der Waals surface area contributed by atoms with Crippen LogP contribution < -0.4 is 10.6 Å². The molecule has 0 fully saturated rings. The van der Waals surface area contributed by atoms with Crippen molar-refractivity contribution in [1.29, 1.82) is 0 Å². The van der Waals surface area contributed by atoms with Gasteiger partial charge in [-0.15, -0.1) is 0 Å². The second kappa shape index (κ2) is 8.08. The summed E-state index contributed by atoms with van der Waals surface area (Å²) < 4.78 is 43.0. The van der Waals surface area contributed by atoms with Crippen molar-refractivity contribution in [2.45, 2.75) is 20.0 Å². The van der Waals surface area contributed by atoms with Crippen molar-refractivity contribution in [2.75, 3.05) is 10.6 Å². The van der Waals surface area contributed by atoms with Gasteiger partial charge in [-0.25, -0.2) is 9.67 Å². The van der Waals surface area contributed by atoms with Gasteiger partial charge >= 0.3 is 6.18 Å². The first-order valence-corrected chi connectivity index (χ1v) is 10.2. The number of hydrogen-bond acceptors (Lipinski definition) is 5. The molecule has 11 heteroatoms. The molecule has 0 atom stereocenters. The van der Waals surface area contributed by atoms with Gasteiger partial charge in [0.05, 0.1) is 27.7 Å². The fourth-order valence-electron chi connectivity index (χ4n) is 3.19. The third-order valence-corrected chi connectivity index (χ3v) is 5.49. The molecule has 7 nitrogen and oxygen atoms in total. The molecule has 2 amide bonds. The van der Waals surface area contributed by atoms with Crippen LogP contribution in [-0.2, 0) is 11.0 Å². The van der Waals surface area contributed by atoms with Crippen molar-refractivity contribution < 1.29 is 22.8 Å². The Bertz CT molecular complexity index is 1340. The average Bonchev–Trinajstić information content (AvgIpc) is 3.31. The summed E-state index contributed by atoms with van der Waals surface area (Å²) in [5.74, 6) is -1.22. The van der Waals surface area contributed by atoms with Crippen molar-refractivity contribution in [3.05, 3.63) is 65.5 Å². The lowest BCUT2D eigenvalue weighted by Crippen LogP contribution is -2.21. The van der Waals surface area contributed by atoms with Gasteiger partial charge in [-0.3, -0.25) is 14.9 Å². The number of nitrogens with zero attached hydrogens (tertiary/aromatic N) is 3. The van der Waals surface area contributed by atoms with Crippen LogP contribution in [0, 0.1) is 6.92 Å². The number of aryl methyl sites for hydroxylation is 1. The number of carbonyl (C=O) groups is 2. The molecule has 2 heterocycles. The molecular weight excluding hydrogens is 443 g/mol. The summed E-state index contributed by atoms with van der Waals surface area (Å²) in [5, 5.41) is 9.03. The van der Waals surface area contributed by atoms with Crippen LogP contribution in [-0.4, -0.2) is 26.6 Å². The predicted octanol–water partition coefficient (Wildman–Crippen LogP) is 5.02. The number of halogens is 3. The predicted molar refractivity (Wildman–Crippen MR) is 115 cm³/mol. The lowest BCUT2D eigenvalue weighted by molar-refractivity contribution is -0.143. The molecule has 0 unspecified atom stereocenters. The molecule has 32 heavy (non-hydrogen) atoms. The van der Waals surface area contributed by atoms with Gasteiger partial charge in [0.15, 0.2) is 10.8 Å². The number of benzene rings is 2. The van der Waals surface area contributed by atoms with Gasteiger partial charge in [-0.05, 0) is 36.8 Å². The molecule has 0 aliphatic carbocycles. The second-order valence-electron chi connectivity index (χ2n) is 6.94. The Hall–Kier alpha value is -3.73. The molecule has 0 spiro atoms. The van der Waals surface area contributed by atoms with Gasteiger partial charge < -0.3 is 5.32 Å². The Morgan fingerprint density at radius 2 is 1.84 bits per heavy atom. The van der Waals surface area contributed by atoms with Gasteiger partial charge in [0.2, 0.25) is 5.91 Å². The second-order valence-corrected chi connectivity index (χ2v) is 7.97. The van der Waals surface area contributed by atoms with Gasteiger partial charge in [0.25, 0.3) is 5.91 Å². The first kappa shape index (κ1) is 21.5. The average molecular weight is 459 g/mol. The SMILES string of the molecule is CC(=O)Nc1ccc2nc(NC(=O)c3cnn(-c4ccccc4C)c3C(F)(F)F)sc2c1. The molecule has 0 aliphatic heterocycles. The lowest BCUT2D eigenvalue weighted by atomic mass is 10.2. The van der Waals surface area contributed by atoms with Crippen LogP contribution in [0.1, 0.15) is 28.5 Å². The minimum absolute atomic E-state index is 0.127. The Labute approximate surface area is 183 Å². The highest BCUT2D eigenvalue weighted by Gasteiger charge is 2.41. The molecule has 0 aliphatic rings. The highest BCUT2D eigenvalue weighted by atomic mass is 32.1. The number of thiazole rings is 1. The van der Waals surface area contributed by atoms with E-state index >= 15 is 0 Å². The van der Waals surface area contributed by atoms with Crippen LogP contribution in [0.3, 0.4) is 0 Å². The highest BCUT2D eigenvalue weighted by molar-refractivity contribution is 7.22. The molecule has 0 saturated heterocycles. The fraction of sp³-hybridized carbons (Fsp3) is 0.143. The molecule has 2 aromatic heterocycles. The quantitative estimate of drug-likeness (QED) is 0.449. The topological polar surface area (TPSA) is 88.9 Å². The number of hydrogen-bond donors (Lipinski definition) is 2. The third kappa shape index (κ3) is 4.19. The zero-order valence-electron chi connectivity index (χ0n) is 16.8. The number of amides is 2. The van der Waals surface area contributed by atoms with E-state index in [1.807, 2.05) is 0 Å². The lowest BCUT2D eigenvalue weighted by Gasteiger charge is -2.14. The van der Waals surface area contributed by atoms with Crippen LogP contribution in [0.5, 0.6) is 0 Å². The van der Waals surface area contributed by atoms with E-state index in [1.165, 1.54) is 13.0 Å². The van der Waals surface area contributed by atoms with Crippen LogP contribution in [0.2, 0.25) is 0 Å². The van der Waals surface area contributed by atoms with Crippen molar-refractivity contribution >= 4 is 44.2 Å². The molecule has 0 radical (unpaired) electrons. The zero-order chi connectivity index (χ0) is 23.0. The molecule has 2 aromatic carbocycles. The van der Waals surface area contributed by atoms with E-state index in [0.717, 1.165) is 22.2 Å². The van der Waals surface area contributed by atoms with Crippen molar-refractivity contribution in [3.63, 3.8) is 0 Å². The summed E-state index contributed by atoms with van der Waals surface area (Å²) in [6.45, 7) is 3.03. The molecule has 4 aromatic rings. The van der Waals surface area contributed by atoms with E-state index in [-0.39, 0.29) is 16.7 Å². The molecule has 0 bridgehead atoms. The summed E-state index contributed by atoms with van der Waals surface area (Å²) in [4.78, 5) is 28.2. The summed E-state index contributed by atoms with van der Waals surface area (Å²) in [5.41, 5.74) is 0.104. The summed E-state index contributed by atoms with van der Waals surface area (Å²) in [6.07, 6.45) is -3.92. The van der Waals surface area contributed by atoms with Crippen LogP contribution in [0.4, 0.5) is 24.0 Å². The molecule has 2 N–H and O–H groups in total. The normalized spacial score (nSPS) is 11.5. The summed E-state index contributed by atoms with van der Waals surface area (Å²) >= 11 is 1.08. The molecule has 164 valence electrons. The monoisotopic (exact) mass is 459 g/mol. The number of para-hydroxylation sites is 1. The van der Waals surface area contributed by atoms with Crippen LogP contribution in [0.25, 0.3) is 15.9 Å². The maximum Gasteiger partial charge on any atom is 0.434 e. The van der Waals surface area contributed by atoms with E-state index in [9.17, 15) is 22.8 Å². The Balaban J connectivity index is 1.68. The molecular formula is C21H16F3N5O2S. The number of nitrogens with one attached hydrogen (secondary N) is 2. The maximum atomic E-state index is 13.9. The van der Waals surface area contributed by atoms with Gasteiger partial charge in [-0.1, -0.05) is 29.5 Å². The highest BCUT2D eigenvalue weighted by Crippen LogP contribution is 2.35. The third-order valence-electron chi connectivity index (χ3n) is 4.56. The van der Waals surface area contributed by atoms with Crippen molar-refractivity contribution in [1.82, 2.24) is 14.8 Å². The largest absolute Gasteiger partial charge is 0.434 e. The zero-order valence-corrected chi connectivity index (χ0v) is 17.6. The molecule has 4 rings (SSSR count). The Kier molecular flexibility index (Phi) is 5.43. The standard InChI is InChI=1S/C21H16F3N5O2S/c1-11-5-3-4-6-16(11)29-18(21(22,23)24)14(10-25-29)19(31)28-20-27-15-8-7-13(26-12(2)30)9-17(15)32-20/h3-10H,1-2H3,(H,26,30)(H,27,28,31). The number of fused-ring (bicyclic) bond motifs is 1. The minimum Gasteiger partial charge on any atom is -0.326 e. The number of rotatable bonds is 4. The Morgan fingerprint density at radius 3 is 2.53 bits per heavy atom. The minimum atomic E-state index is -4.81. The number of alkyl halides is 3. The summed E-state index contributed by atoms with van der Waals surface area (Å²) in [6, 6.07) is 11.4. The number of anilines is 2. The smallest absolute Gasteiger partial charge is 0.326 e. The summed E-state index contributed by atoms with van der Waals surface area (Å²) in [7, 11) is 0. The first-order valence-electron chi connectivity index (χ1n) is 9.34. The Morgan fingerprint density at radius 1 is 1.09 bits per heavy atom. The van der Waals surface area contributed by atoms with E-state index in [4.69, 9.17) is 0 Å². The van der Waals surface area contributed by atoms with Gasteiger partial charge in [-0.2, -0.15) is 18.3 Å². The van der Waals surface area contributed by atoms with E-state index in [1.54, 1.807) is 43.3 Å². The first-order chi connectivity index (χ1) is 15.1.